The topological polar surface area (TPSA) is 41.8 Å². The Hall–Kier alpha value is -1.58. The number of unbranched alkanes of at least 4 members (excludes halogenated alkanes) is 1. The van der Waals surface area contributed by atoms with E-state index < -0.39 is 0 Å². The van der Waals surface area contributed by atoms with Crippen molar-refractivity contribution in [1.82, 2.24) is 4.98 Å². The summed E-state index contributed by atoms with van der Waals surface area (Å²) in [7, 11) is 0. The molecule has 3 rings (SSSR count). The van der Waals surface area contributed by atoms with Gasteiger partial charge in [-0.15, -0.1) is 0 Å². The van der Waals surface area contributed by atoms with Gasteiger partial charge in [-0.2, -0.15) is 0 Å². The number of hydrogen-bond acceptors (Lipinski definition) is 1. The van der Waals surface area contributed by atoms with Crippen LogP contribution in [0, 0.1) is 13.8 Å². The Balaban J connectivity index is 2.19. The normalized spacial score (nSPS) is 11.3. The summed E-state index contributed by atoms with van der Waals surface area (Å²) >= 11 is 3.59. The average molecular weight is 371 g/mol. The summed E-state index contributed by atoms with van der Waals surface area (Å²) in [6.45, 7) is 5.11. The van der Waals surface area contributed by atoms with Gasteiger partial charge in [0.15, 0.2) is 0 Å². The number of aryl methyl sites for hydroxylation is 3. The van der Waals surface area contributed by atoms with Crippen molar-refractivity contribution in [2.75, 3.05) is 6.54 Å². The highest BCUT2D eigenvalue weighted by Crippen LogP contribution is 2.34. The molecule has 0 bridgehead atoms. The van der Waals surface area contributed by atoms with Crippen LogP contribution in [0.3, 0.4) is 0 Å². The fourth-order valence-corrected chi connectivity index (χ4v) is 3.70. The molecule has 0 aliphatic rings. The molecule has 0 fully saturated rings. The third-order valence-electron chi connectivity index (χ3n) is 4.35. The van der Waals surface area contributed by atoms with E-state index in [1.54, 1.807) is 0 Å². The van der Waals surface area contributed by atoms with Gasteiger partial charge in [-0.1, -0.05) is 39.7 Å². The van der Waals surface area contributed by atoms with E-state index in [4.69, 9.17) is 5.73 Å². The molecule has 2 nitrogen and oxygen atoms in total. The van der Waals surface area contributed by atoms with E-state index in [2.05, 4.69) is 71.2 Å². The molecule has 0 spiro atoms. The molecule has 0 unspecified atom stereocenters. The number of H-pyrrole nitrogens is 1. The lowest BCUT2D eigenvalue weighted by atomic mass is 9.98. The van der Waals surface area contributed by atoms with Gasteiger partial charge in [0.1, 0.15) is 0 Å². The predicted molar refractivity (Wildman–Crippen MR) is 103 cm³/mol. The van der Waals surface area contributed by atoms with E-state index in [1.165, 1.54) is 38.9 Å². The number of aromatic amines is 1. The summed E-state index contributed by atoms with van der Waals surface area (Å²) in [6, 6.07) is 13.1. The van der Waals surface area contributed by atoms with Crippen molar-refractivity contribution in [3.05, 3.63) is 57.6 Å². The second kappa shape index (κ2) is 6.90. The zero-order valence-corrected chi connectivity index (χ0v) is 15.3. The molecule has 0 saturated carbocycles. The van der Waals surface area contributed by atoms with Crippen LogP contribution in [0.15, 0.2) is 40.9 Å². The third-order valence-corrected chi connectivity index (χ3v) is 4.84. The first-order valence-electron chi connectivity index (χ1n) is 8.18. The molecule has 3 aromatic rings. The lowest BCUT2D eigenvalue weighted by molar-refractivity contribution is 0.748. The maximum absolute atomic E-state index is 5.68. The first-order chi connectivity index (χ1) is 11.1. The largest absolute Gasteiger partial charge is 0.354 e. The Kier molecular flexibility index (Phi) is 4.88. The molecule has 0 atom stereocenters. The second-order valence-electron chi connectivity index (χ2n) is 6.24. The maximum Gasteiger partial charge on any atom is 0.0497 e. The van der Waals surface area contributed by atoms with Crippen molar-refractivity contribution in [1.29, 1.82) is 0 Å². The number of nitrogens with two attached hydrogens (primary N) is 1. The fraction of sp³-hybridized carbons (Fsp3) is 0.300. The molecule has 3 N–H and O–H groups in total. The molecule has 120 valence electrons. The van der Waals surface area contributed by atoms with Crippen LogP contribution in [0.5, 0.6) is 0 Å². The quantitative estimate of drug-likeness (QED) is 0.572. The lowest BCUT2D eigenvalue weighted by Gasteiger charge is -2.06. The Morgan fingerprint density at radius 1 is 1.09 bits per heavy atom. The molecule has 2 aromatic carbocycles. The number of hydrogen-bond donors (Lipinski definition) is 2. The van der Waals surface area contributed by atoms with Crippen LogP contribution in [0.25, 0.3) is 22.2 Å². The van der Waals surface area contributed by atoms with Crippen LogP contribution in [0.1, 0.15) is 29.5 Å². The molecule has 23 heavy (non-hydrogen) atoms. The summed E-state index contributed by atoms with van der Waals surface area (Å²) in [6.07, 6.45) is 3.24. The molecule has 0 saturated heterocycles. The van der Waals surface area contributed by atoms with Crippen LogP contribution in [0.2, 0.25) is 0 Å². The van der Waals surface area contributed by atoms with E-state index in [0.717, 1.165) is 30.3 Å². The smallest absolute Gasteiger partial charge is 0.0497 e. The van der Waals surface area contributed by atoms with E-state index in [9.17, 15) is 0 Å². The summed E-state index contributed by atoms with van der Waals surface area (Å²) in [5.41, 5.74) is 13.5. The predicted octanol–water partition coefficient (Wildman–Crippen LogP) is 5.50. The molecular weight excluding hydrogens is 348 g/mol. The fourth-order valence-electron chi connectivity index (χ4n) is 3.30. The number of benzene rings is 2. The van der Waals surface area contributed by atoms with Crippen LogP contribution in [-0.4, -0.2) is 11.5 Å². The van der Waals surface area contributed by atoms with Crippen LogP contribution >= 0.6 is 15.9 Å². The molecule has 0 aliphatic carbocycles. The van der Waals surface area contributed by atoms with Crippen molar-refractivity contribution >= 4 is 26.8 Å². The van der Waals surface area contributed by atoms with Gasteiger partial charge in [0.2, 0.25) is 0 Å². The first-order valence-corrected chi connectivity index (χ1v) is 8.97. The lowest BCUT2D eigenvalue weighted by Crippen LogP contribution is -1.99. The van der Waals surface area contributed by atoms with Gasteiger partial charge < -0.3 is 10.7 Å². The summed E-state index contributed by atoms with van der Waals surface area (Å²) in [4.78, 5) is 3.68. The van der Waals surface area contributed by atoms with E-state index >= 15 is 0 Å². The minimum atomic E-state index is 0.757. The van der Waals surface area contributed by atoms with Crippen LogP contribution < -0.4 is 5.73 Å². The Labute approximate surface area is 146 Å². The number of aromatic nitrogens is 1. The highest BCUT2D eigenvalue weighted by atomic mass is 79.9. The zero-order valence-electron chi connectivity index (χ0n) is 13.7. The van der Waals surface area contributed by atoms with Crippen molar-refractivity contribution in [2.45, 2.75) is 33.1 Å². The number of fused-ring (bicyclic) bond motifs is 1. The Morgan fingerprint density at radius 2 is 1.91 bits per heavy atom. The Morgan fingerprint density at radius 3 is 2.65 bits per heavy atom. The van der Waals surface area contributed by atoms with Crippen LogP contribution in [-0.2, 0) is 6.42 Å². The summed E-state index contributed by atoms with van der Waals surface area (Å²) < 4.78 is 1.11. The summed E-state index contributed by atoms with van der Waals surface area (Å²) in [5, 5.41) is 1.36. The molecule has 3 heteroatoms. The highest BCUT2D eigenvalue weighted by Gasteiger charge is 2.15. The number of rotatable bonds is 5. The van der Waals surface area contributed by atoms with Gasteiger partial charge in [0.05, 0.1) is 0 Å². The van der Waals surface area contributed by atoms with E-state index in [0.29, 0.717) is 0 Å². The molecule has 0 amide bonds. The van der Waals surface area contributed by atoms with Gasteiger partial charge in [-0.25, -0.2) is 0 Å². The van der Waals surface area contributed by atoms with Crippen molar-refractivity contribution in [2.24, 2.45) is 5.73 Å². The summed E-state index contributed by atoms with van der Waals surface area (Å²) in [5.74, 6) is 0. The molecular formula is C20H23BrN2. The standard InChI is InChI=1S/C20H23BrN2/c1-13-10-14(2)19-18(11-13)17(8-3-4-9-22)20(23-19)15-6-5-7-16(21)12-15/h5-7,10-12,23H,3-4,8-9,22H2,1-2H3. The number of nitrogens with one attached hydrogen (secondary N) is 1. The van der Waals surface area contributed by atoms with Gasteiger partial charge in [-0.3, -0.25) is 0 Å². The Bertz CT molecular complexity index is 833. The molecule has 0 radical (unpaired) electrons. The minimum absolute atomic E-state index is 0.757. The monoisotopic (exact) mass is 370 g/mol. The number of halogens is 1. The van der Waals surface area contributed by atoms with Gasteiger partial charge in [-0.05, 0) is 74.5 Å². The third kappa shape index (κ3) is 3.36. The van der Waals surface area contributed by atoms with Crippen molar-refractivity contribution in [3.8, 4) is 11.3 Å². The van der Waals surface area contributed by atoms with Crippen molar-refractivity contribution in [3.63, 3.8) is 0 Å². The average Bonchev–Trinajstić information content (AvgIpc) is 2.87. The minimum Gasteiger partial charge on any atom is -0.354 e. The van der Waals surface area contributed by atoms with Gasteiger partial charge in [0.25, 0.3) is 0 Å². The molecule has 1 aromatic heterocycles. The van der Waals surface area contributed by atoms with E-state index in [-0.39, 0.29) is 0 Å². The second-order valence-corrected chi connectivity index (χ2v) is 7.15. The highest BCUT2D eigenvalue weighted by molar-refractivity contribution is 9.10. The van der Waals surface area contributed by atoms with E-state index in [1.807, 2.05) is 0 Å². The maximum atomic E-state index is 5.68. The van der Waals surface area contributed by atoms with Gasteiger partial charge in [0, 0.05) is 21.1 Å². The molecule has 1 heterocycles. The van der Waals surface area contributed by atoms with Crippen LogP contribution in [0.4, 0.5) is 0 Å². The zero-order chi connectivity index (χ0) is 16.4. The first kappa shape index (κ1) is 16.3. The molecule has 0 aliphatic heterocycles. The van der Waals surface area contributed by atoms with Crippen molar-refractivity contribution < 1.29 is 0 Å². The SMILES string of the molecule is Cc1cc(C)c2[nH]c(-c3cccc(Br)c3)c(CCCCN)c2c1. The van der Waals surface area contributed by atoms with Gasteiger partial charge >= 0.3 is 0 Å².